The van der Waals surface area contributed by atoms with E-state index in [1.54, 1.807) is 24.3 Å². The van der Waals surface area contributed by atoms with Crippen LogP contribution in [0.25, 0.3) is 0 Å². The van der Waals surface area contributed by atoms with Gasteiger partial charge < -0.3 is 14.6 Å². The zero-order valence-corrected chi connectivity index (χ0v) is 13.5. The average molecular weight is 328 g/mol. The number of esters is 2. The molecule has 0 heterocycles. The van der Waals surface area contributed by atoms with E-state index in [9.17, 15) is 14.7 Å². The van der Waals surface area contributed by atoms with Crippen molar-refractivity contribution >= 4 is 11.9 Å². The van der Waals surface area contributed by atoms with Crippen LogP contribution in [0.2, 0.25) is 0 Å². The van der Waals surface area contributed by atoms with Crippen LogP contribution in [0.3, 0.4) is 0 Å². The van der Waals surface area contributed by atoms with Crippen molar-refractivity contribution in [3.05, 3.63) is 71.8 Å². The largest absolute Gasteiger partial charge is 0.467 e. The van der Waals surface area contributed by atoms with E-state index in [-0.39, 0.29) is 13.0 Å². The summed E-state index contributed by atoms with van der Waals surface area (Å²) < 4.78 is 9.80. The van der Waals surface area contributed by atoms with Crippen molar-refractivity contribution in [1.29, 1.82) is 0 Å². The Morgan fingerprint density at radius 3 is 2.04 bits per heavy atom. The van der Waals surface area contributed by atoms with E-state index < -0.39 is 24.0 Å². The lowest BCUT2D eigenvalue weighted by Crippen LogP contribution is -2.44. The van der Waals surface area contributed by atoms with Gasteiger partial charge in [-0.25, -0.2) is 4.79 Å². The molecule has 0 aromatic heterocycles. The number of carbonyl (C=O) groups excluding carboxylic acids is 2. The minimum absolute atomic E-state index is 0.0268. The normalized spacial score (nSPS) is 12.9. The molecule has 2 aromatic carbocycles. The number of ether oxygens (including phenoxy) is 2. The van der Waals surface area contributed by atoms with Gasteiger partial charge in [0, 0.05) is 6.42 Å². The number of hydrogen-bond acceptors (Lipinski definition) is 5. The number of carbonyl (C=O) groups is 2. The molecule has 0 spiro atoms. The molecular formula is C19H20O5. The Balaban J connectivity index is 2.02. The van der Waals surface area contributed by atoms with E-state index in [0.29, 0.717) is 0 Å². The first-order valence-corrected chi connectivity index (χ1v) is 7.58. The SMILES string of the molecule is COC(=O)[C@@](O)(CC(=O)OCc1ccccc1)Cc1ccccc1. The van der Waals surface area contributed by atoms with E-state index in [1.807, 2.05) is 36.4 Å². The lowest BCUT2D eigenvalue weighted by atomic mass is 9.91. The van der Waals surface area contributed by atoms with E-state index in [1.165, 1.54) is 7.11 Å². The van der Waals surface area contributed by atoms with Gasteiger partial charge in [0.05, 0.1) is 13.5 Å². The molecule has 2 aromatic rings. The van der Waals surface area contributed by atoms with E-state index >= 15 is 0 Å². The molecule has 0 aliphatic heterocycles. The van der Waals surface area contributed by atoms with Crippen LogP contribution in [-0.2, 0) is 32.1 Å². The summed E-state index contributed by atoms with van der Waals surface area (Å²) in [6.07, 6.45) is -0.498. The monoisotopic (exact) mass is 328 g/mol. The van der Waals surface area contributed by atoms with Crippen LogP contribution in [0.5, 0.6) is 0 Å². The van der Waals surface area contributed by atoms with Gasteiger partial charge in [0.1, 0.15) is 6.61 Å². The predicted octanol–water partition coefficient (Wildman–Crippen LogP) is 2.27. The van der Waals surface area contributed by atoms with Gasteiger partial charge in [0.25, 0.3) is 0 Å². The molecule has 126 valence electrons. The summed E-state index contributed by atoms with van der Waals surface area (Å²) in [7, 11) is 1.17. The third-order valence-corrected chi connectivity index (χ3v) is 3.58. The van der Waals surface area contributed by atoms with Crippen molar-refractivity contribution in [1.82, 2.24) is 0 Å². The maximum absolute atomic E-state index is 12.1. The first kappa shape index (κ1) is 17.7. The first-order chi connectivity index (χ1) is 11.5. The molecule has 5 heteroatoms. The van der Waals surface area contributed by atoms with Crippen LogP contribution in [0.15, 0.2) is 60.7 Å². The Labute approximate surface area is 140 Å². The van der Waals surface area contributed by atoms with Gasteiger partial charge in [-0.3, -0.25) is 4.79 Å². The molecular weight excluding hydrogens is 308 g/mol. The van der Waals surface area contributed by atoms with Crippen LogP contribution in [0.4, 0.5) is 0 Å². The Hall–Kier alpha value is -2.66. The van der Waals surface area contributed by atoms with Crippen molar-refractivity contribution in [3.8, 4) is 0 Å². The number of methoxy groups -OCH3 is 1. The molecule has 0 aliphatic rings. The molecule has 2 rings (SSSR count). The molecule has 0 saturated carbocycles. The van der Waals surface area contributed by atoms with Crippen molar-refractivity contribution in [2.75, 3.05) is 7.11 Å². The second kappa shape index (κ2) is 8.26. The minimum atomic E-state index is -1.95. The summed E-state index contributed by atoms with van der Waals surface area (Å²) in [6.45, 7) is 0.0856. The average Bonchev–Trinajstić information content (AvgIpc) is 2.61. The Bertz CT molecular complexity index is 669. The maximum atomic E-state index is 12.1. The standard InChI is InChI=1S/C19H20O5/c1-23-18(21)19(22,12-15-8-4-2-5-9-15)13-17(20)24-14-16-10-6-3-7-11-16/h2-11,22H,12-14H2,1H3/t19-/m0/s1. The number of rotatable bonds is 7. The van der Waals surface area contributed by atoms with Gasteiger partial charge in [-0.05, 0) is 11.1 Å². The Kier molecular flexibility index (Phi) is 6.09. The highest BCUT2D eigenvalue weighted by Crippen LogP contribution is 2.20. The van der Waals surface area contributed by atoms with Gasteiger partial charge in [-0.15, -0.1) is 0 Å². The van der Waals surface area contributed by atoms with Crippen LogP contribution >= 0.6 is 0 Å². The summed E-state index contributed by atoms with van der Waals surface area (Å²) in [5.74, 6) is -1.52. The molecule has 0 amide bonds. The molecule has 0 bridgehead atoms. The molecule has 1 N–H and O–H groups in total. The van der Waals surface area contributed by atoms with Gasteiger partial charge in [-0.2, -0.15) is 0 Å². The van der Waals surface area contributed by atoms with Crippen molar-refractivity contribution in [2.24, 2.45) is 0 Å². The molecule has 0 radical (unpaired) electrons. The third kappa shape index (κ3) is 4.93. The second-order valence-corrected chi connectivity index (χ2v) is 5.51. The summed E-state index contributed by atoms with van der Waals surface area (Å²) in [6, 6.07) is 18.1. The van der Waals surface area contributed by atoms with Gasteiger partial charge in [-0.1, -0.05) is 60.7 Å². The van der Waals surface area contributed by atoms with Crippen molar-refractivity contribution in [3.63, 3.8) is 0 Å². The highest BCUT2D eigenvalue weighted by Gasteiger charge is 2.40. The van der Waals surface area contributed by atoms with Crippen LogP contribution in [0.1, 0.15) is 17.5 Å². The minimum Gasteiger partial charge on any atom is -0.467 e. The Morgan fingerprint density at radius 2 is 1.50 bits per heavy atom. The molecule has 5 nitrogen and oxygen atoms in total. The molecule has 0 saturated heterocycles. The lowest BCUT2D eigenvalue weighted by Gasteiger charge is -2.24. The smallest absolute Gasteiger partial charge is 0.338 e. The summed E-state index contributed by atoms with van der Waals surface area (Å²) in [5.41, 5.74) is -0.402. The molecule has 0 unspecified atom stereocenters. The van der Waals surface area contributed by atoms with Crippen LogP contribution < -0.4 is 0 Å². The van der Waals surface area contributed by atoms with E-state index in [0.717, 1.165) is 11.1 Å². The van der Waals surface area contributed by atoms with E-state index in [4.69, 9.17) is 4.74 Å². The fourth-order valence-electron chi connectivity index (χ4n) is 2.36. The zero-order chi connectivity index (χ0) is 17.4. The first-order valence-electron chi connectivity index (χ1n) is 7.58. The number of aliphatic hydroxyl groups is 1. The maximum Gasteiger partial charge on any atom is 0.338 e. The fraction of sp³-hybridized carbons (Fsp3) is 0.263. The molecule has 0 aliphatic carbocycles. The second-order valence-electron chi connectivity index (χ2n) is 5.51. The lowest BCUT2D eigenvalue weighted by molar-refractivity contribution is -0.170. The van der Waals surface area contributed by atoms with Crippen LogP contribution in [0, 0.1) is 0 Å². The topological polar surface area (TPSA) is 72.8 Å². The predicted molar refractivity (Wildman–Crippen MR) is 88.0 cm³/mol. The molecule has 24 heavy (non-hydrogen) atoms. The van der Waals surface area contributed by atoms with Crippen molar-refractivity contribution < 1.29 is 24.2 Å². The van der Waals surface area contributed by atoms with Crippen LogP contribution in [-0.4, -0.2) is 29.8 Å². The zero-order valence-electron chi connectivity index (χ0n) is 13.5. The number of hydrogen-bond donors (Lipinski definition) is 1. The summed E-state index contributed by atoms with van der Waals surface area (Å²) in [4.78, 5) is 24.0. The third-order valence-electron chi connectivity index (χ3n) is 3.58. The van der Waals surface area contributed by atoms with Gasteiger partial charge in [0.2, 0.25) is 0 Å². The highest BCUT2D eigenvalue weighted by atomic mass is 16.5. The Morgan fingerprint density at radius 1 is 0.958 bits per heavy atom. The van der Waals surface area contributed by atoms with E-state index in [2.05, 4.69) is 4.74 Å². The number of benzene rings is 2. The summed E-state index contributed by atoms with van der Waals surface area (Å²) >= 11 is 0. The van der Waals surface area contributed by atoms with Gasteiger partial charge in [0.15, 0.2) is 5.60 Å². The fourth-order valence-corrected chi connectivity index (χ4v) is 2.36. The quantitative estimate of drug-likeness (QED) is 0.789. The van der Waals surface area contributed by atoms with Gasteiger partial charge >= 0.3 is 11.9 Å². The molecule has 1 atom stereocenters. The summed E-state index contributed by atoms with van der Waals surface area (Å²) in [5, 5.41) is 10.6. The highest BCUT2D eigenvalue weighted by molar-refractivity contribution is 5.86. The van der Waals surface area contributed by atoms with Crippen molar-refractivity contribution in [2.45, 2.75) is 25.0 Å². The molecule has 0 fully saturated rings.